The van der Waals surface area contributed by atoms with Crippen LogP contribution in [0, 0.1) is 12.7 Å². The molecule has 0 aliphatic rings. The smallest absolute Gasteiger partial charge is 0.123 e. The lowest BCUT2D eigenvalue weighted by atomic mass is 10.1. The summed E-state index contributed by atoms with van der Waals surface area (Å²) >= 11 is 3.62. The van der Waals surface area contributed by atoms with Crippen LogP contribution in [0.25, 0.3) is 0 Å². The highest BCUT2D eigenvalue weighted by atomic mass is 79.9. The summed E-state index contributed by atoms with van der Waals surface area (Å²) < 4.78 is 18.0. The summed E-state index contributed by atoms with van der Waals surface area (Å²) in [6.45, 7) is 1.94. The van der Waals surface area contributed by atoms with Crippen LogP contribution in [0.3, 0.4) is 0 Å². The fraction of sp³-hybridized carbons (Fsp3) is 0.231. The van der Waals surface area contributed by atoms with E-state index in [1.807, 2.05) is 13.0 Å². The van der Waals surface area contributed by atoms with Crippen molar-refractivity contribution < 1.29 is 8.81 Å². The number of rotatable bonds is 3. The number of hydrogen-bond acceptors (Lipinski definition) is 1. The van der Waals surface area contributed by atoms with E-state index in [9.17, 15) is 4.39 Å². The minimum Gasteiger partial charge on any atom is -0.469 e. The third-order valence-electron chi connectivity index (χ3n) is 2.56. The standard InChI is InChI=1S/C13H12BrFO/c1-9-12(6-7-16-9)13(14)8-10-2-4-11(15)5-3-10/h2-7,13H,8H2,1H3. The van der Waals surface area contributed by atoms with Crippen LogP contribution < -0.4 is 0 Å². The van der Waals surface area contributed by atoms with Gasteiger partial charge in [-0.3, -0.25) is 0 Å². The molecule has 1 atom stereocenters. The summed E-state index contributed by atoms with van der Waals surface area (Å²) in [6.07, 6.45) is 2.50. The maximum Gasteiger partial charge on any atom is 0.123 e. The molecule has 84 valence electrons. The van der Waals surface area contributed by atoms with Gasteiger partial charge in [-0.15, -0.1) is 0 Å². The monoisotopic (exact) mass is 282 g/mol. The Labute approximate surface area is 102 Å². The number of halogens is 2. The molecule has 0 N–H and O–H groups in total. The summed E-state index contributed by atoms with van der Waals surface area (Å²) in [5, 5.41) is 0. The van der Waals surface area contributed by atoms with Crippen molar-refractivity contribution in [3.8, 4) is 0 Å². The summed E-state index contributed by atoms with van der Waals surface area (Å²) in [6, 6.07) is 8.53. The number of aryl methyl sites for hydroxylation is 1. The molecule has 1 aromatic heterocycles. The molecule has 1 heterocycles. The molecule has 0 amide bonds. The minimum atomic E-state index is -0.200. The number of furan rings is 1. The van der Waals surface area contributed by atoms with Crippen LogP contribution >= 0.6 is 15.9 Å². The zero-order valence-corrected chi connectivity index (χ0v) is 10.5. The molecule has 2 aromatic rings. The van der Waals surface area contributed by atoms with E-state index in [1.54, 1.807) is 18.4 Å². The van der Waals surface area contributed by atoms with Gasteiger partial charge in [-0.1, -0.05) is 28.1 Å². The minimum absolute atomic E-state index is 0.200. The van der Waals surface area contributed by atoms with Gasteiger partial charge in [0.15, 0.2) is 0 Å². The average Bonchev–Trinajstić information content (AvgIpc) is 2.68. The van der Waals surface area contributed by atoms with Crippen molar-refractivity contribution in [2.45, 2.75) is 18.2 Å². The van der Waals surface area contributed by atoms with E-state index < -0.39 is 0 Å². The normalized spacial score (nSPS) is 12.7. The van der Waals surface area contributed by atoms with Gasteiger partial charge in [0.05, 0.1) is 6.26 Å². The molecule has 0 radical (unpaired) electrons. The predicted molar refractivity (Wildman–Crippen MR) is 65.2 cm³/mol. The van der Waals surface area contributed by atoms with E-state index in [4.69, 9.17) is 4.42 Å². The predicted octanol–water partition coefficient (Wildman–Crippen LogP) is 4.41. The van der Waals surface area contributed by atoms with Crippen LogP contribution in [0.15, 0.2) is 41.0 Å². The van der Waals surface area contributed by atoms with Crippen LogP contribution in [-0.2, 0) is 6.42 Å². The van der Waals surface area contributed by atoms with Crippen molar-refractivity contribution in [3.63, 3.8) is 0 Å². The first-order chi connectivity index (χ1) is 7.66. The van der Waals surface area contributed by atoms with Gasteiger partial charge in [-0.2, -0.15) is 0 Å². The molecule has 1 unspecified atom stereocenters. The highest BCUT2D eigenvalue weighted by Crippen LogP contribution is 2.29. The fourth-order valence-corrected chi connectivity index (χ4v) is 2.51. The molecule has 0 spiro atoms. The van der Waals surface area contributed by atoms with Crippen molar-refractivity contribution in [2.24, 2.45) is 0 Å². The van der Waals surface area contributed by atoms with E-state index in [1.165, 1.54) is 12.1 Å². The summed E-state index contributed by atoms with van der Waals surface area (Å²) in [5.74, 6) is 0.721. The SMILES string of the molecule is Cc1occc1C(Br)Cc1ccc(F)cc1. The van der Waals surface area contributed by atoms with Crippen molar-refractivity contribution in [1.82, 2.24) is 0 Å². The Hall–Kier alpha value is -1.09. The summed E-state index contributed by atoms with van der Waals surface area (Å²) in [5.41, 5.74) is 2.24. The Balaban J connectivity index is 2.10. The van der Waals surface area contributed by atoms with Crippen molar-refractivity contribution in [2.75, 3.05) is 0 Å². The Bertz CT molecular complexity index is 461. The largest absolute Gasteiger partial charge is 0.469 e. The Morgan fingerprint density at radius 3 is 2.50 bits per heavy atom. The molecule has 2 rings (SSSR count). The second kappa shape index (κ2) is 4.83. The molecule has 0 bridgehead atoms. The number of benzene rings is 1. The van der Waals surface area contributed by atoms with Gasteiger partial charge in [0.2, 0.25) is 0 Å². The quantitative estimate of drug-likeness (QED) is 0.761. The maximum absolute atomic E-state index is 12.7. The van der Waals surface area contributed by atoms with Gasteiger partial charge in [0, 0.05) is 10.4 Å². The number of hydrogen-bond donors (Lipinski definition) is 0. The van der Waals surface area contributed by atoms with Gasteiger partial charge in [0.1, 0.15) is 11.6 Å². The maximum atomic E-state index is 12.7. The molecule has 0 aliphatic heterocycles. The first-order valence-corrected chi connectivity index (χ1v) is 6.01. The molecule has 16 heavy (non-hydrogen) atoms. The van der Waals surface area contributed by atoms with Gasteiger partial charge in [0.25, 0.3) is 0 Å². The molecule has 1 nitrogen and oxygen atoms in total. The van der Waals surface area contributed by atoms with Crippen LogP contribution in [0.5, 0.6) is 0 Å². The van der Waals surface area contributed by atoms with Crippen molar-refractivity contribution in [1.29, 1.82) is 0 Å². The fourth-order valence-electron chi connectivity index (χ4n) is 1.66. The van der Waals surface area contributed by atoms with E-state index in [0.717, 1.165) is 23.3 Å². The van der Waals surface area contributed by atoms with E-state index >= 15 is 0 Å². The Morgan fingerprint density at radius 2 is 1.94 bits per heavy atom. The zero-order chi connectivity index (χ0) is 11.5. The summed E-state index contributed by atoms with van der Waals surface area (Å²) in [7, 11) is 0. The van der Waals surface area contributed by atoms with E-state index in [2.05, 4.69) is 15.9 Å². The third-order valence-corrected chi connectivity index (χ3v) is 3.38. The van der Waals surface area contributed by atoms with Crippen LogP contribution in [0.4, 0.5) is 4.39 Å². The molecule has 0 aliphatic carbocycles. The average molecular weight is 283 g/mol. The molecule has 3 heteroatoms. The second-order valence-electron chi connectivity index (χ2n) is 3.73. The molecular formula is C13H12BrFO. The van der Waals surface area contributed by atoms with E-state index in [0.29, 0.717) is 0 Å². The van der Waals surface area contributed by atoms with E-state index in [-0.39, 0.29) is 10.6 Å². The highest BCUT2D eigenvalue weighted by molar-refractivity contribution is 9.09. The molecule has 0 fully saturated rings. The van der Waals surface area contributed by atoms with Crippen LogP contribution in [0.1, 0.15) is 21.7 Å². The van der Waals surface area contributed by atoms with Crippen molar-refractivity contribution >= 4 is 15.9 Å². The highest BCUT2D eigenvalue weighted by Gasteiger charge is 2.12. The lowest BCUT2D eigenvalue weighted by Crippen LogP contribution is -1.95. The van der Waals surface area contributed by atoms with Gasteiger partial charge >= 0.3 is 0 Å². The lowest BCUT2D eigenvalue weighted by Gasteiger charge is -2.08. The van der Waals surface area contributed by atoms with Gasteiger partial charge in [-0.05, 0) is 37.1 Å². The van der Waals surface area contributed by atoms with Crippen molar-refractivity contribution in [3.05, 3.63) is 59.3 Å². The first kappa shape index (κ1) is 11.4. The van der Waals surface area contributed by atoms with Gasteiger partial charge in [-0.25, -0.2) is 4.39 Å². The topological polar surface area (TPSA) is 13.1 Å². The second-order valence-corrected chi connectivity index (χ2v) is 4.84. The molecule has 1 aromatic carbocycles. The molecular weight excluding hydrogens is 271 g/mol. The first-order valence-electron chi connectivity index (χ1n) is 5.09. The summed E-state index contributed by atoms with van der Waals surface area (Å²) in [4.78, 5) is 0.205. The van der Waals surface area contributed by atoms with Gasteiger partial charge < -0.3 is 4.42 Å². The Kier molecular flexibility index (Phi) is 3.44. The zero-order valence-electron chi connectivity index (χ0n) is 8.91. The molecule has 0 saturated heterocycles. The van der Waals surface area contributed by atoms with Crippen LogP contribution in [-0.4, -0.2) is 0 Å². The Morgan fingerprint density at radius 1 is 1.25 bits per heavy atom. The van der Waals surface area contributed by atoms with Crippen LogP contribution in [0.2, 0.25) is 0 Å². The number of alkyl halides is 1. The molecule has 0 saturated carbocycles. The lowest BCUT2D eigenvalue weighted by molar-refractivity contribution is 0.529. The third kappa shape index (κ3) is 2.53.